The van der Waals surface area contributed by atoms with Crippen LogP contribution in [-0.2, 0) is 5.66 Å². The third kappa shape index (κ3) is 1.80. The van der Waals surface area contributed by atoms with E-state index in [1.54, 1.807) is 0 Å². The number of rotatable bonds is 0. The van der Waals surface area contributed by atoms with Crippen molar-refractivity contribution in [3.63, 3.8) is 0 Å². The van der Waals surface area contributed by atoms with Gasteiger partial charge in [-0.05, 0) is 71.4 Å². The second kappa shape index (κ2) is 6.31. The van der Waals surface area contributed by atoms with Crippen molar-refractivity contribution in [3.05, 3.63) is 121 Å². The lowest BCUT2D eigenvalue weighted by Gasteiger charge is -2.32. The first kappa shape index (κ1) is 20.7. The molecule has 0 amide bonds. The fourth-order valence-electron chi connectivity index (χ4n) is 9.17. The SMILES string of the molecule is c1ccc2c(c1)c1ccc3c4c1c1n2c2cccnc2[n+]1C41c2c(ccc4c5ccccc5n5c6cccnc6[n+]1c5c24)O3. The zero-order valence-electron chi connectivity index (χ0n) is 23.0. The van der Waals surface area contributed by atoms with Gasteiger partial charge in [0.1, 0.15) is 34.9 Å². The molecule has 6 aromatic heterocycles. The standard InChI is InChI=1S/C37H18N6O/c1-3-9-23-19(7-1)21-13-15-27-31-29(21)35-40(23)25-11-5-17-38-33(25)42(35)37(31)32-28(44-27)16-14-22-20-8-2-4-10-24(20)41-26-12-6-18-39-34(26)43(37)36(41)30(22)32/h1-18H/q+2. The Morgan fingerprint density at radius 1 is 0.500 bits per heavy atom. The molecule has 13 rings (SSSR count). The first-order valence-corrected chi connectivity index (χ1v) is 14.9. The average molecular weight is 563 g/mol. The maximum absolute atomic E-state index is 6.91. The highest BCUT2D eigenvalue weighted by atomic mass is 16.5. The molecule has 0 bridgehead atoms. The molecule has 1 spiro atoms. The Morgan fingerprint density at radius 3 is 1.50 bits per heavy atom. The zero-order chi connectivity index (χ0) is 28.1. The largest absolute Gasteiger partial charge is 0.456 e. The average Bonchev–Trinajstić information content (AvgIpc) is 3.79. The van der Waals surface area contributed by atoms with Crippen molar-refractivity contribution in [2.75, 3.05) is 0 Å². The van der Waals surface area contributed by atoms with Crippen molar-refractivity contribution in [1.82, 2.24) is 18.8 Å². The van der Waals surface area contributed by atoms with Crippen LogP contribution in [0.25, 0.3) is 77.0 Å². The highest BCUT2D eigenvalue weighted by Gasteiger charge is 2.65. The summed E-state index contributed by atoms with van der Waals surface area (Å²) in [5, 5.41) is 7.26. The molecule has 0 unspecified atom stereocenters. The molecule has 0 saturated heterocycles. The van der Waals surface area contributed by atoms with Gasteiger partial charge in [0.2, 0.25) is 11.3 Å². The fourth-order valence-corrected chi connectivity index (χ4v) is 9.17. The first-order chi connectivity index (χ1) is 21.9. The van der Waals surface area contributed by atoms with E-state index in [1.807, 2.05) is 24.5 Å². The summed E-state index contributed by atoms with van der Waals surface area (Å²) in [6.07, 6.45) is 3.83. The number of hydrogen-bond acceptors (Lipinski definition) is 3. The van der Waals surface area contributed by atoms with Crippen molar-refractivity contribution in [3.8, 4) is 11.5 Å². The normalized spacial score (nSPS) is 15.2. The van der Waals surface area contributed by atoms with Crippen LogP contribution in [0.1, 0.15) is 11.1 Å². The third-order valence-electron chi connectivity index (χ3n) is 10.5. The van der Waals surface area contributed by atoms with Crippen molar-refractivity contribution >= 4 is 77.0 Å². The van der Waals surface area contributed by atoms with Crippen LogP contribution in [-0.4, -0.2) is 18.8 Å². The summed E-state index contributed by atoms with van der Waals surface area (Å²) in [5.74, 6) is 1.75. The predicted octanol–water partition coefficient (Wildman–Crippen LogP) is 6.51. The second-order valence-electron chi connectivity index (χ2n) is 12.2. The smallest absolute Gasteiger partial charge is 0.306 e. The molecule has 9 heterocycles. The van der Waals surface area contributed by atoms with Gasteiger partial charge < -0.3 is 4.74 Å². The van der Waals surface area contributed by atoms with Gasteiger partial charge in [-0.15, -0.1) is 9.97 Å². The van der Waals surface area contributed by atoms with Crippen LogP contribution in [0.4, 0.5) is 0 Å². The van der Waals surface area contributed by atoms with E-state index in [9.17, 15) is 0 Å². The quantitative estimate of drug-likeness (QED) is 0.157. The van der Waals surface area contributed by atoms with Gasteiger partial charge in [-0.1, -0.05) is 36.4 Å². The lowest BCUT2D eigenvalue weighted by molar-refractivity contribution is -0.925. The summed E-state index contributed by atoms with van der Waals surface area (Å²) in [7, 11) is 0. The van der Waals surface area contributed by atoms with Crippen molar-refractivity contribution < 1.29 is 13.9 Å². The molecule has 0 saturated carbocycles. The van der Waals surface area contributed by atoms with Crippen molar-refractivity contribution in [2.24, 2.45) is 0 Å². The maximum Gasteiger partial charge on any atom is 0.306 e. The number of pyridine rings is 4. The number of para-hydroxylation sites is 2. The Kier molecular flexibility index (Phi) is 2.97. The minimum Gasteiger partial charge on any atom is -0.456 e. The third-order valence-corrected chi connectivity index (χ3v) is 10.5. The molecule has 200 valence electrons. The van der Waals surface area contributed by atoms with Gasteiger partial charge in [0.25, 0.3) is 5.66 Å². The Morgan fingerprint density at radius 2 is 0.977 bits per heavy atom. The van der Waals surface area contributed by atoms with E-state index >= 15 is 0 Å². The summed E-state index contributed by atoms with van der Waals surface area (Å²) in [4.78, 5) is 10.3. The van der Waals surface area contributed by atoms with Gasteiger partial charge in [0, 0.05) is 10.8 Å². The van der Waals surface area contributed by atoms with Gasteiger partial charge in [0.15, 0.2) is 11.0 Å². The molecular formula is C37H18N6O+2. The molecule has 10 aromatic rings. The van der Waals surface area contributed by atoms with Crippen LogP contribution in [0.15, 0.2) is 109 Å². The van der Waals surface area contributed by atoms with E-state index in [0.717, 1.165) is 67.3 Å². The number of fused-ring (bicyclic) bond motifs is 12. The van der Waals surface area contributed by atoms with Crippen LogP contribution in [0.5, 0.6) is 11.5 Å². The molecule has 44 heavy (non-hydrogen) atoms. The number of imidazole rings is 2. The lowest BCUT2D eigenvalue weighted by atomic mass is 9.85. The van der Waals surface area contributed by atoms with E-state index in [-0.39, 0.29) is 0 Å². The predicted molar refractivity (Wildman–Crippen MR) is 167 cm³/mol. The molecular weight excluding hydrogens is 544 g/mol. The van der Waals surface area contributed by atoms with Crippen LogP contribution in [0, 0.1) is 0 Å². The molecule has 7 heteroatoms. The van der Waals surface area contributed by atoms with E-state index in [1.165, 1.54) is 32.3 Å². The summed E-state index contributed by atoms with van der Waals surface area (Å²) in [5.41, 5.74) is 10.2. The summed E-state index contributed by atoms with van der Waals surface area (Å²) < 4.78 is 16.7. The molecule has 7 nitrogen and oxygen atoms in total. The summed E-state index contributed by atoms with van der Waals surface area (Å²) in [6, 6.07) is 34.7. The molecule has 0 aliphatic carbocycles. The monoisotopic (exact) mass is 562 g/mol. The van der Waals surface area contributed by atoms with Crippen LogP contribution in [0.3, 0.4) is 0 Å². The number of hydrogen-bond donors (Lipinski definition) is 0. The number of benzene rings is 4. The molecule has 4 aromatic carbocycles. The highest BCUT2D eigenvalue weighted by Crippen LogP contribution is 2.58. The summed E-state index contributed by atoms with van der Waals surface area (Å²) in [6.45, 7) is 0. The van der Waals surface area contributed by atoms with Crippen molar-refractivity contribution in [2.45, 2.75) is 5.66 Å². The Labute approximate surface area is 247 Å². The minimum absolute atomic E-state index is 0.788. The Bertz CT molecular complexity index is 2890. The maximum atomic E-state index is 6.91. The highest BCUT2D eigenvalue weighted by molar-refractivity contribution is 6.19. The van der Waals surface area contributed by atoms with Gasteiger partial charge in [-0.25, -0.2) is 8.80 Å². The van der Waals surface area contributed by atoms with Crippen LogP contribution < -0.4 is 13.9 Å². The summed E-state index contributed by atoms with van der Waals surface area (Å²) >= 11 is 0. The Balaban J connectivity index is 1.45. The van der Waals surface area contributed by atoms with E-state index < -0.39 is 5.66 Å². The fraction of sp³-hybridized carbons (Fsp3) is 0.0270. The second-order valence-corrected chi connectivity index (χ2v) is 12.2. The van der Waals surface area contributed by atoms with E-state index in [4.69, 9.17) is 14.7 Å². The molecule has 3 aliphatic heterocycles. The molecule has 0 radical (unpaired) electrons. The minimum atomic E-state index is -0.788. The lowest BCUT2D eigenvalue weighted by Crippen LogP contribution is -2.72. The zero-order valence-corrected chi connectivity index (χ0v) is 23.0. The van der Waals surface area contributed by atoms with Crippen LogP contribution in [0.2, 0.25) is 0 Å². The van der Waals surface area contributed by atoms with Gasteiger partial charge in [-0.3, -0.25) is 0 Å². The van der Waals surface area contributed by atoms with Crippen molar-refractivity contribution in [1.29, 1.82) is 0 Å². The molecule has 3 aliphatic rings. The van der Waals surface area contributed by atoms with E-state index in [0.29, 0.717) is 0 Å². The van der Waals surface area contributed by atoms with Gasteiger partial charge in [0.05, 0.1) is 21.9 Å². The molecule has 0 atom stereocenters. The number of nitrogens with zero attached hydrogens (tertiary/aromatic N) is 6. The van der Waals surface area contributed by atoms with Gasteiger partial charge >= 0.3 is 11.3 Å². The van der Waals surface area contributed by atoms with E-state index in [2.05, 4.69) is 103 Å². The molecule has 0 N–H and O–H groups in total. The van der Waals surface area contributed by atoms with Gasteiger partial charge in [-0.2, -0.15) is 9.13 Å². The number of aromatic nitrogens is 6. The topological polar surface area (TPSA) is 51.6 Å². The number of ether oxygens (including phenoxy) is 1. The first-order valence-electron chi connectivity index (χ1n) is 14.9. The molecule has 0 fully saturated rings. The van der Waals surface area contributed by atoms with Crippen LogP contribution >= 0.6 is 0 Å². The Hall–Kier alpha value is -6.08.